The lowest BCUT2D eigenvalue weighted by molar-refractivity contribution is 0.0560. The Morgan fingerprint density at radius 2 is 2.14 bits per heavy atom. The van der Waals surface area contributed by atoms with Gasteiger partial charge in [0.1, 0.15) is 5.76 Å². The summed E-state index contributed by atoms with van der Waals surface area (Å²) in [6, 6.07) is 3.56. The molecular formula is C10H15NO3. The number of carbonyl (C=O) groups is 1. The summed E-state index contributed by atoms with van der Waals surface area (Å²) in [6.07, 6.45) is 0. The standard InChI is InChI=1S/C10H15NO3/c1-7(11(2)3)8-5-6-9(14-8)10(12)13-4/h5-7H,1-4H3/t7-/m0/s1. The molecule has 4 nitrogen and oxygen atoms in total. The summed E-state index contributed by atoms with van der Waals surface area (Å²) in [5.41, 5.74) is 0. The van der Waals surface area contributed by atoms with Crippen LogP contribution in [-0.2, 0) is 4.74 Å². The van der Waals surface area contributed by atoms with Crippen LogP contribution in [0.15, 0.2) is 16.5 Å². The molecule has 0 radical (unpaired) electrons. The Bertz CT molecular complexity index is 317. The third-order valence-electron chi connectivity index (χ3n) is 2.20. The molecule has 0 spiro atoms. The van der Waals surface area contributed by atoms with E-state index in [-0.39, 0.29) is 11.8 Å². The number of nitrogens with zero attached hydrogens (tertiary/aromatic N) is 1. The van der Waals surface area contributed by atoms with Gasteiger partial charge in [-0.3, -0.25) is 4.90 Å². The highest BCUT2D eigenvalue weighted by molar-refractivity contribution is 5.86. The van der Waals surface area contributed by atoms with Crippen LogP contribution in [0.5, 0.6) is 0 Å². The van der Waals surface area contributed by atoms with Gasteiger partial charge in [-0.1, -0.05) is 0 Å². The first-order valence-electron chi connectivity index (χ1n) is 4.40. The molecule has 1 heterocycles. The van der Waals surface area contributed by atoms with Crippen molar-refractivity contribution < 1.29 is 13.9 Å². The van der Waals surface area contributed by atoms with Crippen molar-refractivity contribution in [1.82, 2.24) is 4.90 Å². The highest BCUT2D eigenvalue weighted by Crippen LogP contribution is 2.20. The second-order valence-electron chi connectivity index (χ2n) is 3.33. The average molecular weight is 197 g/mol. The quantitative estimate of drug-likeness (QED) is 0.691. The molecule has 0 aliphatic carbocycles. The molecule has 14 heavy (non-hydrogen) atoms. The minimum atomic E-state index is -0.442. The van der Waals surface area contributed by atoms with Crippen LogP contribution in [-0.4, -0.2) is 32.1 Å². The molecule has 1 rings (SSSR count). The molecule has 0 aliphatic heterocycles. The first kappa shape index (κ1) is 10.8. The molecule has 0 fully saturated rings. The maximum atomic E-state index is 11.1. The summed E-state index contributed by atoms with van der Waals surface area (Å²) in [4.78, 5) is 13.1. The zero-order valence-electron chi connectivity index (χ0n) is 8.90. The molecule has 4 heteroatoms. The van der Waals surface area contributed by atoms with Gasteiger partial charge in [0.15, 0.2) is 0 Å². The van der Waals surface area contributed by atoms with Crippen LogP contribution in [0.25, 0.3) is 0 Å². The van der Waals surface area contributed by atoms with Crippen molar-refractivity contribution in [2.45, 2.75) is 13.0 Å². The highest BCUT2D eigenvalue weighted by atomic mass is 16.5. The zero-order chi connectivity index (χ0) is 10.7. The number of methoxy groups -OCH3 is 1. The molecule has 0 aromatic carbocycles. The summed E-state index contributed by atoms with van der Waals surface area (Å²) >= 11 is 0. The third-order valence-corrected chi connectivity index (χ3v) is 2.20. The Hall–Kier alpha value is -1.29. The summed E-state index contributed by atoms with van der Waals surface area (Å²) in [5.74, 6) is 0.564. The summed E-state index contributed by atoms with van der Waals surface area (Å²) in [5, 5.41) is 0. The first-order chi connectivity index (χ1) is 6.56. The van der Waals surface area contributed by atoms with Gasteiger partial charge in [-0.25, -0.2) is 4.79 Å². The van der Waals surface area contributed by atoms with E-state index in [0.717, 1.165) is 5.76 Å². The SMILES string of the molecule is COC(=O)c1ccc([C@H](C)N(C)C)o1. The lowest BCUT2D eigenvalue weighted by Gasteiger charge is -2.16. The molecule has 0 N–H and O–H groups in total. The topological polar surface area (TPSA) is 42.7 Å². The fraction of sp³-hybridized carbons (Fsp3) is 0.500. The van der Waals surface area contributed by atoms with Crippen molar-refractivity contribution in [1.29, 1.82) is 0 Å². The molecule has 0 unspecified atom stereocenters. The largest absolute Gasteiger partial charge is 0.463 e. The van der Waals surface area contributed by atoms with Crippen molar-refractivity contribution in [2.24, 2.45) is 0 Å². The van der Waals surface area contributed by atoms with Gasteiger partial charge in [-0.15, -0.1) is 0 Å². The Morgan fingerprint density at radius 3 is 2.64 bits per heavy atom. The van der Waals surface area contributed by atoms with E-state index in [2.05, 4.69) is 4.74 Å². The number of hydrogen-bond donors (Lipinski definition) is 0. The van der Waals surface area contributed by atoms with Gasteiger partial charge in [-0.05, 0) is 33.2 Å². The molecule has 0 bridgehead atoms. The van der Waals surface area contributed by atoms with Crippen molar-refractivity contribution in [3.63, 3.8) is 0 Å². The van der Waals surface area contributed by atoms with E-state index in [1.807, 2.05) is 25.9 Å². The van der Waals surface area contributed by atoms with Crippen LogP contribution < -0.4 is 0 Å². The second kappa shape index (κ2) is 4.28. The molecule has 0 aliphatic rings. The number of carbonyl (C=O) groups excluding carboxylic acids is 1. The van der Waals surface area contributed by atoms with E-state index in [1.165, 1.54) is 7.11 Å². The van der Waals surface area contributed by atoms with Gasteiger partial charge >= 0.3 is 5.97 Å². The van der Waals surface area contributed by atoms with Crippen LogP contribution >= 0.6 is 0 Å². The highest BCUT2D eigenvalue weighted by Gasteiger charge is 2.16. The summed E-state index contributed by atoms with van der Waals surface area (Å²) in [7, 11) is 5.23. The van der Waals surface area contributed by atoms with Crippen molar-refractivity contribution in [2.75, 3.05) is 21.2 Å². The molecule has 0 saturated heterocycles. The van der Waals surface area contributed by atoms with E-state index in [4.69, 9.17) is 4.42 Å². The summed E-state index contributed by atoms with van der Waals surface area (Å²) < 4.78 is 9.89. The monoisotopic (exact) mass is 197 g/mol. The predicted molar refractivity (Wildman–Crippen MR) is 52.1 cm³/mol. The smallest absolute Gasteiger partial charge is 0.373 e. The molecule has 1 aromatic heterocycles. The van der Waals surface area contributed by atoms with Gasteiger partial charge in [0.05, 0.1) is 13.2 Å². The van der Waals surface area contributed by atoms with Crippen LogP contribution in [0, 0.1) is 0 Å². The van der Waals surface area contributed by atoms with Gasteiger partial charge in [0.2, 0.25) is 5.76 Å². The van der Waals surface area contributed by atoms with Crippen LogP contribution in [0.3, 0.4) is 0 Å². The maximum Gasteiger partial charge on any atom is 0.373 e. The first-order valence-corrected chi connectivity index (χ1v) is 4.40. The van der Waals surface area contributed by atoms with Crippen molar-refractivity contribution >= 4 is 5.97 Å². The minimum Gasteiger partial charge on any atom is -0.463 e. The van der Waals surface area contributed by atoms with E-state index >= 15 is 0 Å². The van der Waals surface area contributed by atoms with Crippen molar-refractivity contribution in [3.05, 3.63) is 23.7 Å². The van der Waals surface area contributed by atoms with Crippen LogP contribution in [0.2, 0.25) is 0 Å². The molecule has 1 aromatic rings. The Balaban J connectivity index is 2.82. The predicted octanol–water partition coefficient (Wildman–Crippen LogP) is 1.69. The van der Waals surface area contributed by atoms with Crippen LogP contribution in [0.1, 0.15) is 29.3 Å². The van der Waals surface area contributed by atoms with Gasteiger partial charge in [0.25, 0.3) is 0 Å². The normalized spacial score (nSPS) is 12.9. The Kier molecular flexibility index (Phi) is 3.30. The third kappa shape index (κ3) is 2.14. The van der Waals surface area contributed by atoms with Gasteiger partial charge in [-0.2, -0.15) is 0 Å². The number of ether oxygens (including phenoxy) is 1. The second-order valence-corrected chi connectivity index (χ2v) is 3.33. The fourth-order valence-electron chi connectivity index (χ4n) is 1.04. The zero-order valence-corrected chi connectivity index (χ0v) is 8.90. The fourth-order valence-corrected chi connectivity index (χ4v) is 1.04. The van der Waals surface area contributed by atoms with E-state index < -0.39 is 5.97 Å². The molecule has 0 saturated carbocycles. The molecular weight excluding hydrogens is 182 g/mol. The van der Waals surface area contributed by atoms with E-state index in [0.29, 0.717) is 0 Å². The Morgan fingerprint density at radius 1 is 1.50 bits per heavy atom. The molecule has 1 atom stereocenters. The Labute approximate surface area is 83.5 Å². The lowest BCUT2D eigenvalue weighted by Crippen LogP contribution is -2.16. The molecule has 0 amide bonds. The van der Waals surface area contributed by atoms with Gasteiger partial charge < -0.3 is 9.15 Å². The average Bonchev–Trinajstić information content (AvgIpc) is 2.64. The number of furan rings is 1. The minimum absolute atomic E-state index is 0.147. The molecule has 78 valence electrons. The number of esters is 1. The van der Waals surface area contributed by atoms with Crippen molar-refractivity contribution in [3.8, 4) is 0 Å². The summed E-state index contributed by atoms with van der Waals surface area (Å²) in [6.45, 7) is 2.00. The van der Waals surface area contributed by atoms with E-state index in [1.54, 1.807) is 12.1 Å². The van der Waals surface area contributed by atoms with Crippen LogP contribution in [0.4, 0.5) is 0 Å². The van der Waals surface area contributed by atoms with Gasteiger partial charge in [0, 0.05) is 0 Å². The number of hydrogen-bond acceptors (Lipinski definition) is 4. The lowest BCUT2D eigenvalue weighted by atomic mass is 10.2. The number of rotatable bonds is 3. The van der Waals surface area contributed by atoms with E-state index in [9.17, 15) is 4.79 Å². The maximum absolute atomic E-state index is 11.1.